The van der Waals surface area contributed by atoms with Gasteiger partial charge in [-0.15, -0.1) is 0 Å². The SMILES string of the molecule is Cc1cnc(N(C)Cc2cccc(OC(C)C)c2)nc1. The Balaban J connectivity index is 2.07. The molecular formula is C16H21N3O. The summed E-state index contributed by atoms with van der Waals surface area (Å²) in [6.45, 7) is 6.78. The Morgan fingerprint density at radius 2 is 1.90 bits per heavy atom. The van der Waals surface area contributed by atoms with Gasteiger partial charge in [0.05, 0.1) is 6.10 Å². The fourth-order valence-corrected chi connectivity index (χ4v) is 1.92. The fourth-order valence-electron chi connectivity index (χ4n) is 1.92. The van der Waals surface area contributed by atoms with Crippen LogP contribution in [0, 0.1) is 6.92 Å². The van der Waals surface area contributed by atoms with Crippen LogP contribution in [0.5, 0.6) is 5.75 Å². The number of ether oxygens (including phenoxy) is 1. The summed E-state index contributed by atoms with van der Waals surface area (Å²) in [5.41, 5.74) is 2.24. The summed E-state index contributed by atoms with van der Waals surface area (Å²) in [5, 5.41) is 0. The Kier molecular flexibility index (Phi) is 4.56. The maximum absolute atomic E-state index is 5.71. The van der Waals surface area contributed by atoms with E-state index in [1.54, 1.807) is 0 Å². The quantitative estimate of drug-likeness (QED) is 0.837. The first kappa shape index (κ1) is 14.3. The monoisotopic (exact) mass is 271 g/mol. The molecule has 106 valence electrons. The molecule has 4 nitrogen and oxygen atoms in total. The lowest BCUT2D eigenvalue weighted by atomic mass is 10.2. The average Bonchev–Trinajstić information content (AvgIpc) is 2.39. The second-order valence-corrected chi connectivity index (χ2v) is 5.23. The van der Waals surface area contributed by atoms with Gasteiger partial charge in [0.25, 0.3) is 0 Å². The smallest absolute Gasteiger partial charge is 0.225 e. The van der Waals surface area contributed by atoms with Gasteiger partial charge in [0.2, 0.25) is 5.95 Å². The Morgan fingerprint density at radius 1 is 1.20 bits per heavy atom. The van der Waals surface area contributed by atoms with Gasteiger partial charge >= 0.3 is 0 Å². The second-order valence-electron chi connectivity index (χ2n) is 5.23. The largest absolute Gasteiger partial charge is 0.491 e. The van der Waals surface area contributed by atoms with Crippen molar-refractivity contribution in [2.75, 3.05) is 11.9 Å². The number of hydrogen-bond acceptors (Lipinski definition) is 4. The number of hydrogen-bond donors (Lipinski definition) is 0. The molecule has 0 aliphatic heterocycles. The first-order valence-corrected chi connectivity index (χ1v) is 6.80. The molecule has 1 aromatic heterocycles. The third kappa shape index (κ3) is 3.95. The number of rotatable bonds is 5. The number of anilines is 1. The molecule has 0 saturated heterocycles. The predicted molar refractivity (Wildman–Crippen MR) is 81.1 cm³/mol. The maximum atomic E-state index is 5.71. The van der Waals surface area contributed by atoms with E-state index in [0.29, 0.717) is 0 Å². The van der Waals surface area contributed by atoms with Gasteiger partial charge in [-0.1, -0.05) is 12.1 Å². The van der Waals surface area contributed by atoms with Gasteiger partial charge < -0.3 is 9.64 Å². The highest BCUT2D eigenvalue weighted by molar-refractivity contribution is 5.34. The molecule has 0 fully saturated rings. The van der Waals surface area contributed by atoms with Crippen molar-refractivity contribution in [3.8, 4) is 5.75 Å². The Labute approximate surface area is 120 Å². The van der Waals surface area contributed by atoms with Crippen LogP contribution in [0.25, 0.3) is 0 Å². The predicted octanol–water partition coefficient (Wildman–Crippen LogP) is 3.21. The summed E-state index contributed by atoms with van der Waals surface area (Å²) in [7, 11) is 1.99. The third-order valence-electron chi connectivity index (χ3n) is 2.80. The lowest BCUT2D eigenvalue weighted by molar-refractivity contribution is 0.242. The highest BCUT2D eigenvalue weighted by atomic mass is 16.5. The lowest BCUT2D eigenvalue weighted by Crippen LogP contribution is -2.19. The second kappa shape index (κ2) is 6.37. The van der Waals surface area contributed by atoms with Crippen LogP contribution in [0.4, 0.5) is 5.95 Å². The summed E-state index contributed by atoms with van der Waals surface area (Å²) >= 11 is 0. The van der Waals surface area contributed by atoms with Gasteiger partial charge in [-0.05, 0) is 44.0 Å². The first-order valence-electron chi connectivity index (χ1n) is 6.80. The number of aryl methyl sites for hydroxylation is 1. The zero-order valence-corrected chi connectivity index (χ0v) is 12.5. The number of benzene rings is 1. The lowest BCUT2D eigenvalue weighted by Gasteiger charge is -2.18. The summed E-state index contributed by atoms with van der Waals surface area (Å²) in [6, 6.07) is 8.13. The van der Waals surface area contributed by atoms with Crippen LogP contribution in [0.2, 0.25) is 0 Å². The van der Waals surface area contributed by atoms with E-state index < -0.39 is 0 Å². The van der Waals surface area contributed by atoms with Crippen LogP contribution in [0.3, 0.4) is 0 Å². The molecule has 0 bridgehead atoms. The Bertz CT molecular complexity index is 552. The van der Waals surface area contributed by atoms with Gasteiger partial charge in [0.1, 0.15) is 5.75 Å². The summed E-state index contributed by atoms with van der Waals surface area (Å²) in [4.78, 5) is 10.7. The zero-order chi connectivity index (χ0) is 14.5. The van der Waals surface area contributed by atoms with Crippen molar-refractivity contribution in [3.63, 3.8) is 0 Å². The van der Waals surface area contributed by atoms with Crippen LogP contribution in [0.15, 0.2) is 36.7 Å². The molecule has 0 saturated carbocycles. The summed E-state index contributed by atoms with van der Waals surface area (Å²) in [6.07, 6.45) is 3.84. The molecule has 2 aromatic rings. The van der Waals surface area contributed by atoms with Crippen LogP contribution >= 0.6 is 0 Å². The minimum atomic E-state index is 0.184. The van der Waals surface area contributed by atoms with Crippen molar-refractivity contribution in [1.29, 1.82) is 0 Å². The molecule has 0 aliphatic carbocycles. The molecular weight excluding hydrogens is 250 g/mol. The van der Waals surface area contributed by atoms with Crippen LogP contribution in [0.1, 0.15) is 25.0 Å². The molecule has 0 unspecified atom stereocenters. The van der Waals surface area contributed by atoms with E-state index in [2.05, 4.69) is 22.1 Å². The van der Waals surface area contributed by atoms with E-state index >= 15 is 0 Å². The molecule has 0 aliphatic rings. The van der Waals surface area contributed by atoms with E-state index in [0.717, 1.165) is 23.8 Å². The van der Waals surface area contributed by atoms with Crippen LogP contribution < -0.4 is 9.64 Å². The molecule has 1 heterocycles. The highest BCUT2D eigenvalue weighted by Crippen LogP contribution is 2.17. The summed E-state index contributed by atoms with van der Waals surface area (Å²) < 4.78 is 5.71. The van der Waals surface area contributed by atoms with Crippen LogP contribution in [-0.4, -0.2) is 23.1 Å². The average molecular weight is 271 g/mol. The normalized spacial score (nSPS) is 10.7. The van der Waals surface area contributed by atoms with E-state index in [4.69, 9.17) is 4.74 Å². The molecule has 20 heavy (non-hydrogen) atoms. The Morgan fingerprint density at radius 3 is 2.55 bits per heavy atom. The van der Waals surface area contributed by atoms with Crippen molar-refractivity contribution in [1.82, 2.24) is 9.97 Å². The molecule has 0 amide bonds. The molecule has 0 N–H and O–H groups in total. The highest BCUT2D eigenvalue weighted by Gasteiger charge is 2.06. The van der Waals surface area contributed by atoms with Gasteiger partial charge in [-0.3, -0.25) is 0 Å². The van der Waals surface area contributed by atoms with Crippen molar-refractivity contribution in [3.05, 3.63) is 47.8 Å². The van der Waals surface area contributed by atoms with Crippen molar-refractivity contribution in [2.45, 2.75) is 33.4 Å². The van der Waals surface area contributed by atoms with Gasteiger partial charge in [-0.25, -0.2) is 9.97 Å². The van der Waals surface area contributed by atoms with E-state index in [-0.39, 0.29) is 6.10 Å². The fraction of sp³-hybridized carbons (Fsp3) is 0.375. The Hall–Kier alpha value is -2.10. The van der Waals surface area contributed by atoms with Gasteiger partial charge in [0, 0.05) is 26.0 Å². The molecule has 0 spiro atoms. The van der Waals surface area contributed by atoms with Crippen molar-refractivity contribution in [2.24, 2.45) is 0 Å². The van der Waals surface area contributed by atoms with E-state index in [1.165, 1.54) is 5.56 Å². The minimum absolute atomic E-state index is 0.184. The van der Waals surface area contributed by atoms with Crippen molar-refractivity contribution >= 4 is 5.95 Å². The standard InChI is InChI=1S/C16H21N3O/c1-12(2)20-15-7-5-6-14(8-15)11-19(4)16-17-9-13(3)10-18-16/h5-10,12H,11H2,1-4H3. The molecule has 0 atom stereocenters. The molecule has 2 rings (SSSR count). The molecule has 0 radical (unpaired) electrons. The number of nitrogens with zero attached hydrogens (tertiary/aromatic N) is 3. The maximum Gasteiger partial charge on any atom is 0.225 e. The van der Waals surface area contributed by atoms with E-state index in [9.17, 15) is 0 Å². The number of aromatic nitrogens is 2. The summed E-state index contributed by atoms with van der Waals surface area (Å²) in [5.74, 6) is 1.63. The zero-order valence-electron chi connectivity index (χ0n) is 12.5. The molecule has 4 heteroatoms. The van der Waals surface area contributed by atoms with Gasteiger partial charge in [0.15, 0.2) is 0 Å². The molecule has 1 aromatic carbocycles. The van der Waals surface area contributed by atoms with Gasteiger partial charge in [-0.2, -0.15) is 0 Å². The van der Waals surface area contributed by atoms with Crippen molar-refractivity contribution < 1.29 is 4.74 Å². The minimum Gasteiger partial charge on any atom is -0.491 e. The van der Waals surface area contributed by atoms with Crippen LogP contribution in [-0.2, 0) is 6.54 Å². The first-order chi connectivity index (χ1) is 9.54. The topological polar surface area (TPSA) is 38.2 Å². The van der Waals surface area contributed by atoms with E-state index in [1.807, 2.05) is 57.2 Å². The third-order valence-corrected chi connectivity index (χ3v) is 2.80.